The van der Waals surface area contributed by atoms with E-state index in [4.69, 9.17) is 4.55 Å². The summed E-state index contributed by atoms with van der Waals surface area (Å²) in [5, 5.41) is -4.58. The summed E-state index contributed by atoms with van der Waals surface area (Å²) in [4.78, 5) is 11.1. The normalized spacial score (nSPS) is 11.9. The van der Waals surface area contributed by atoms with E-state index in [-0.39, 0.29) is 5.75 Å². The van der Waals surface area contributed by atoms with Gasteiger partial charge in [0.15, 0.2) is 0 Å². The first-order valence-corrected chi connectivity index (χ1v) is 6.38. The summed E-state index contributed by atoms with van der Waals surface area (Å²) in [7, 11) is -5.65. The van der Waals surface area contributed by atoms with E-state index in [9.17, 15) is 22.0 Å². The summed E-state index contributed by atoms with van der Waals surface area (Å²) in [6.07, 6.45) is -0.243. The third-order valence-electron chi connectivity index (χ3n) is 2.08. The Morgan fingerprint density at radius 2 is 1.89 bits per heavy atom. The minimum Gasteiger partial charge on any atom is -0.426 e. The lowest BCUT2D eigenvalue weighted by molar-refractivity contribution is -0.138. The highest BCUT2D eigenvalue weighted by Gasteiger charge is 2.46. The number of halogens is 2. The number of ether oxygens (including phenoxy) is 1. The molecule has 0 aliphatic carbocycles. The number of carbonyl (C=O) groups is 1. The fourth-order valence-corrected chi connectivity index (χ4v) is 1.40. The van der Waals surface area contributed by atoms with Gasteiger partial charge in [0, 0.05) is 0 Å². The highest BCUT2D eigenvalue weighted by Crippen LogP contribution is 2.25. The lowest BCUT2D eigenvalue weighted by Crippen LogP contribution is -2.32. The summed E-state index contributed by atoms with van der Waals surface area (Å²) in [6.45, 7) is 3.50. The number of benzene rings is 1. The summed E-state index contributed by atoms with van der Waals surface area (Å²) in [5.74, 6) is -1.50. The average Bonchev–Trinajstić information content (AvgIpc) is 2.27. The van der Waals surface area contributed by atoms with Gasteiger partial charge in [-0.3, -0.25) is 9.35 Å². The molecule has 0 spiro atoms. The molecule has 0 aliphatic rings. The van der Waals surface area contributed by atoms with Crippen LogP contribution in [0.4, 0.5) is 8.78 Å². The molecule has 104 valence electrons. The van der Waals surface area contributed by atoms with Gasteiger partial charge in [-0.05, 0) is 17.7 Å². The molecule has 0 saturated heterocycles. The molecule has 0 saturated carbocycles. The molecule has 5 nitrogen and oxygen atoms in total. The summed E-state index contributed by atoms with van der Waals surface area (Å²) >= 11 is 0. The van der Waals surface area contributed by atoms with Gasteiger partial charge in [-0.1, -0.05) is 24.8 Å². The highest BCUT2D eigenvalue weighted by atomic mass is 32.2. The molecule has 0 amide bonds. The lowest BCUT2D eigenvalue weighted by Gasteiger charge is -2.11. The van der Waals surface area contributed by atoms with Gasteiger partial charge in [0.25, 0.3) is 0 Å². The smallest absolute Gasteiger partial charge is 0.380 e. The van der Waals surface area contributed by atoms with Gasteiger partial charge >= 0.3 is 21.3 Å². The number of alkyl halides is 2. The van der Waals surface area contributed by atoms with E-state index < -0.39 is 27.8 Å². The Morgan fingerprint density at radius 1 is 1.37 bits per heavy atom. The number of carbonyl (C=O) groups excluding carboxylic acids is 1. The van der Waals surface area contributed by atoms with Crippen molar-refractivity contribution >= 4 is 22.2 Å². The Hall–Kier alpha value is -1.80. The van der Waals surface area contributed by atoms with Gasteiger partial charge in [0.1, 0.15) is 12.2 Å². The van der Waals surface area contributed by atoms with Gasteiger partial charge in [0.2, 0.25) is 0 Å². The van der Waals surface area contributed by atoms with Crippen molar-refractivity contribution in [3.05, 3.63) is 36.4 Å². The maximum atomic E-state index is 12.9. The second-order valence-corrected chi connectivity index (χ2v) is 5.08. The molecule has 0 aliphatic heterocycles. The van der Waals surface area contributed by atoms with Crippen LogP contribution in [0, 0.1) is 0 Å². The van der Waals surface area contributed by atoms with Gasteiger partial charge < -0.3 is 4.74 Å². The van der Waals surface area contributed by atoms with Crippen molar-refractivity contribution in [2.45, 2.75) is 11.7 Å². The first kappa shape index (κ1) is 15.3. The zero-order valence-corrected chi connectivity index (χ0v) is 10.4. The van der Waals surface area contributed by atoms with E-state index in [2.05, 4.69) is 11.3 Å². The lowest BCUT2D eigenvalue weighted by atomic mass is 10.2. The van der Waals surface area contributed by atoms with E-state index in [0.717, 1.165) is 5.56 Å². The van der Waals surface area contributed by atoms with Crippen LogP contribution in [0.1, 0.15) is 12.0 Å². The van der Waals surface area contributed by atoms with Crippen LogP contribution >= 0.6 is 0 Å². The van der Waals surface area contributed by atoms with Crippen LogP contribution in [-0.2, 0) is 14.9 Å². The van der Waals surface area contributed by atoms with Crippen molar-refractivity contribution in [3.8, 4) is 5.75 Å². The monoisotopic (exact) mass is 292 g/mol. The number of rotatable bonds is 5. The van der Waals surface area contributed by atoms with Crippen LogP contribution in [0.5, 0.6) is 5.75 Å². The molecule has 0 aromatic heterocycles. The molecule has 0 bridgehead atoms. The molecule has 0 atom stereocenters. The molecule has 0 unspecified atom stereocenters. The Labute approximate surface area is 108 Å². The van der Waals surface area contributed by atoms with Crippen LogP contribution in [0.15, 0.2) is 30.8 Å². The first-order chi connectivity index (χ1) is 8.65. The Kier molecular flexibility index (Phi) is 4.38. The van der Waals surface area contributed by atoms with Gasteiger partial charge in [0.05, 0.1) is 0 Å². The predicted molar refractivity (Wildman–Crippen MR) is 63.3 cm³/mol. The molecule has 0 radical (unpaired) electrons. The van der Waals surface area contributed by atoms with Gasteiger partial charge in [-0.25, -0.2) is 0 Å². The summed E-state index contributed by atoms with van der Waals surface area (Å²) in [5.41, 5.74) is 0.725. The highest BCUT2D eigenvalue weighted by molar-refractivity contribution is 7.86. The SMILES string of the molecule is C=Cc1ccc(OC(=O)CC(F)(F)S(=O)(=O)O)cc1. The molecular formula is C11H10F2O5S. The van der Waals surface area contributed by atoms with Crippen LogP contribution in [-0.4, -0.2) is 24.2 Å². The van der Waals surface area contributed by atoms with Gasteiger partial charge in [-0.15, -0.1) is 0 Å². The standard InChI is InChI=1S/C11H10F2O5S/c1-2-8-3-5-9(6-4-8)18-10(14)7-11(12,13)19(15,16)17/h2-6H,1,7H2,(H,15,16,17). The zero-order valence-electron chi connectivity index (χ0n) is 9.55. The van der Waals surface area contributed by atoms with Crippen molar-refractivity contribution in [1.82, 2.24) is 0 Å². The topological polar surface area (TPSA) is 80.7 Å². The Morgan fingerprint density at radius 3 is 2.32 bits per heavy atom. The maximum absolute atomic E-state index is 12.9. The van der Waals surface area contributed by atoms with Crippen LogP contribution < -0.4 is 4.74 Å². The minimum atomic E-state index is -5.65. The second kappa shape index (κ2) is 5.45. The first-order valence-electron chi connectivity index (χ1n) is 4.94. The molecular weight excluding hydrogens is 282 g/mol. The van der Waals surface area contributed by atoms with Crippen molar-refractivity contribution in [1.29, 1.82) is 0 Å². The van der Waals surface area contributed by atoms with Crippen LogP contribution in [0.2, 0.25) is 0 Å². The van der Waals surface area contributed by atoms with E-state index in [1.807, 2.05) is 0 Å². The minimum absolute atomic E-state index is 0.0262. The molecule has 19 heavy (non-hydrogen) atoms. The van der Waals surface area contributed by atoms with Crippen molar-refractivity contribution in [3.63, 3.8) is 0 Å². The molecule has 0 fully saturated rings. The number of hydrogen-bond donors (Lipinski definition) is 1. The Balaban J connectivity index is 2.73. The van der Waals surface area contributed by atoms with Crippen LogP contribution in [0.25, 0.3) is 6.08 Å². The van der Waals surface area contributed by atoms with Crippen molar-refractivity contribution in [2.24, 2.45) is 0 Å². The third-order valence-corrected chi connectivity index (χ3v) is 2.97. The van der Waals surface area contributed by atoms with Crippen LogP contribution in [0.3, 0.4) is 0 Å². The third kappa shape index (κ3) is 4.11. The predicted octanol–water partition coefficient (Wildman–Crippen LogP) is 2.11. The molecule has 1 rings (SSSR count). The molecule has 8 heteroatoms. The van der Waals surface area contributed by atoms with E-state index >= 15 is 0 Å². The van der Waals surface area contributed by atoms with E-state index in [1.165, 1.54) is 30.3 Å². The largest absolute Gasteiger partial charge is 0.426 e. The van der Waals surface area contributed by atoms with Gasteiger partial charge in [-0.2, -0.15) is 17.2 Å². The number of esters is 1. The quantitative estimate of drug-likeness (QED) is 0.510. The fourth-order valence-electron chi connectivity index (χ4n) is 1.10. The summed E-state index contributed by atoms with van der Waals surface area (Å²) < 4.78 is 59.1. The summed E-state index contributed by atoms with van der Waals surface area (Å²) in [6, 6.07) is 5.72. The van der Waals surface area contributed by atoms with Crippen molar-refractivity contribution in [2.75, 3.05) is 0 Å². The molecule has 1 aromatic rings. The zero-order chi connectivity index (χ0) is 14.7. The Bertz CT molecular complexity index is 578. The molecule has 1 aromatic carbocycles. The van der Waals surface area contributed by atoms with Crippen molar-refractivity contribution < 1.29 is 31.3 Å². The second-order valence-electron chi connectivity index (χ2n) is 3.54. The molecule has 0 heterocycles. The fraction of sp³-hybridized carbons (Fsp3) is 0.182. The molecule has 1 N–H and O–H groups in total. The van der Waals surface area contributed by atoms with E-state index in [0.29, 0.717) is 0 Å². The number of hydrogen-bond acceptors (Lipinski definition) is 4. The maximum Gasteiger partial charge on any atom is 0.380 e. The van der Waals surface area contributed by atoms with E-state index in [1.54, 1.807) is 0 Å². The average molecular weight is 292 g/mol.